The zero-order valence-corrected chi connectivity index (χ0v) is 19.3. The molecule has 2 heterocycles. The minimum atomic E-state index is -3.83. The van der Waals surface area contributed by atoms with Gasteiger partial charge in [-0.05, 0) is 30.5 Å². The number of nitrogens with zero attached hydrogens (tertiary/aromatic N) is 1. The van der Waals surface area contributed by atoms with Crippen LogP contribution in [0, 0.1) is 5.82 Å². The highest BCUT2D eigenvalue weighted by Gasteiger charge is 2.34. The van der Waals surface area contributed by atoms with Gasteiger partial charge in [-0.25, -0.2) is 22.7 Å². The summed E-state index contributed by atoms with van der Waals surface area (Å²) in [5, 5.41) is 4.62. The first kappa shape index (κ1) is 24.1. The topological polar surface area (TPSA) is 128 Å². The number of amides is 1. The maximum atomic E-state index is 14.0. The summed E-state index contributed by atoms with van der Waals surface area (Å²) in [5.41, 5.74) is 0.249. The Bertz CT molecular complexity index is 1460. The predicted octanol–water partition coefficient (Wildman–Crippen LogP) is 2.81. The van der Waals surface area contributed by atoms with E-state index in [9.17, 15) is 27.2 Å². The SMILES string of the molecule is NS(=O)(=O)C1CCCN(C(=O)C(C=O)c2ccc3c(-c4cccc(F)c4Cl)cc(=O)oc3c2)C1. The first-order chi connectivity index (χ1) is 16.1. The molecule has 1 saturated heterocycles. The van der Waals surface area contributed by atoms with Gasteiger partial charge < -0.3 is 14.1 Å². The van der Waals surface area contributed by atoms with Crippen LogP contribution in [0.4, 0.5) is 4.39 Å². The molecule has 11 heteroatoms. The molecule has 2 N–H and O–H groups in total. The van der Waals surface area contributed by atoms with Crippen LogP contribution in [0.15, 0.2) is 51.7 Å². The van der Waals surface area contributed by atoms with Gasteiger partial charge in [-0.15, -0.1) is 0 Å². The van der Waals surface area contributed by atoms with E-state index in [1.54, 1.807) is 12.1 Å². The summed E-state index contributed by atoms with van der Waals surface area (Å²) in [6.07, 6.45) is 1.22. The van der Waals surface area contributed by atoms with Crippen molar-refractivity contribution in [1.82, 2.24) is 4.90 Å². The first-order valence-corrected chi connectivity index (χ1v) is 12.4. The average Bonchev–Trinajstić information content (AvgIpc) is 2.80. The molecule has 0 aliphatic carbocycles. The molecule has 1 amide bonds. The fourth-order valence-corrected chi connectivity index (χ4v) is 5.30. The van der Waals surface area contributed by atoms with E-state index in [-0.39, 0.29) is 28.3 Å². The normalized spacial score (nSPS) is 17.5. The number of aldehydes is 1. The minimum Gasteiger partial charge on any atom is -0.423 e. The lowest BCUT2D eigenvalue weighted by atomic mass is 9.94. The van der Waals surface area contributed by atoms with E-state index in [2.05, 4.69) is 0 Å². The van der Waals surface area contributed by atoms with E-state index in [1.165, 1.54) is 35.2 Å². The molecular formula is C23H20ClFN2O6S. The van der Waals surface area contributed by atoms with E-state index in [1.807, 2.05) is 0 Å². The minimum absolute atomic E-state index is 0.0843. The second-order valence-electron chi connectivity index (χ2n) is 8.09. The molecule has 0 bridgehead atoms. The lowest BCUT2D eigenvalue weighted by molar-refractivity contribution is -0.135. The van der Waals surface area contributed by atoms with E-state index >= 15 is 0 Å². The van der Waals surface area contributed by atoms with Gasteiger partial charge in [0, 0.05) is 35.7 Å². The molecule has 1 aliphatic rings. The van der Waals surface area contributed by atoms with Gasteiger partial charge in [0.25, 0.3) is 0 Å². The van der Waals surface area contributed by atoms with Crippen LogP contribution in [-0.2, 0) is 19.6 Å². The number of fused-ring (bicyclic) bond motifs is 1. The molecule has 34 heavy (non-hydrogen) atoms. The molecule has 1 aliphatic heterocycles. The Kier molecular flexibility index (Phi) is 6.57. The molecule has 2 unspecified atom stereocenters. The van der Waals surface area contributed by atoms with Crippen LogP contribution in [-0.4, -0.2) is 43.9 Å². The van der Waals surface area contributed by atoms with Gasteiger partial charge in [0.2, 0.25) is 15.9 Å². The Morgan fingerprint density at radius 2 is 2.00 bits per heavy atom. The van der Waals surface area contributed by atoms with Crippen LogP contribution >= 0.6 is 11.6 Å². The second kappa shape index (κ2) is 9.28. The summed E-state index contributed by atoms with van der Waals surface area (Å²) in [4.78, 5) is 38.5. The van der Waals surface area contributed by atoms with Crippen molar-refractivity contribution in [2.45, 2.75) is 24.0 Å². The van der Waals surface area contributed by atoms with Crippen molar-refractivity contribution in [3.63, 3.8) is 0 Å². The quantitative estimate of drug-likeness (QED) is 0.322. The molecule has 0 spiro atoms. The monoisotopic (exact) mass is 506 g/mol. The maximum Gasteiger partial charge on any atom is 0.336 e. The molecule has 8 nitrogen and oxygen atoms in total. The number of sulfonamides is 1. The van der Waals surface area contributed by atoms with Gasteiger partial charge in [-0.1, -0.05) is 35.9 Å². The number of rotatable bonds is 5. The van der Waals surface area contributed by atoms with Crippen molar-refractivity contribution in [3.8, 4) is 11.1 Å². The number of benzene rings is 2. The van der Waals surface area contributed by atoms with E-state index in [0.717, 1.165) is 0 Å². The molecule has 1 fully saturated rings. The number of likely N-dealkylation sites (tertiary alicyclic amines) is 1. The number of hydrogen-bond donors (Lipinski definition) is 1. The number of carbonyl (C=O) groups excluding carboxylic acids is 2. The second-order valence-corrected chi connectivity index (χ2v) is 10.3. The number of primary sulfonamides is 1. The van der Waals surface area contributed by atoms with Crippen molar-refractivity contribution < 1.29 is 26.8 Å². The average molecular weight is 507 g/mol. The highest BCUT2D eigenvalue weighted by atomic mass is 35.5. The lowest BCUT2D eigenvalue weighted by Gasteiger charge is -2.33. The molecule has 3 aromatic rings. The molecule has 2 atom stereocenters. The largest absolute Gasteiger partial charge is 0.423 e. The summed E-state index contributed by atoms with van der Waals surface area (Å²) in [5.74, 6) is -2.46. The van der Waals surface area contributed by atoms with Gasteiger partial charge in [-0.3, -0.25) is 4.79 Å². The van der Waals surface area contributed by atoms with Gasteiger partial charge in [0.1, 0.15) is 23.6 Å². The van der Waals surface area contributed by atoms with Gasteiger partial charge >= 0.3 is 5.63 Å². The number of carbonyl (C=O) groups is 2. The van der Waals surface area contributed by atoms with Crippen LogP contribution in [0.2, 0.25) is 5.02 Å². The number of piperidine rings is 1. The van der Waals surface area contributed by atoms with Crippen molar-refractivity contribution in [2.75, 3.05) is 13.1 Å². The maximum absolute atomic E-state index is 14.0. The van der Waals surface area contributed by atoms with Crippen molar-refractivity contribution in [3.05, 3.63) is 69.3 Å². The summed E-state index contributed by atoms with van der Waals surface area (Å²) < 4.78 is 42.7. The zero-order valence-electron chi connectivity index (χ0n) is 17.7. The zero-order chi connectivity index (χ0) is 24.6. The number of hydrogen-bond acceptors (Lipinski definition) is 6. The molecule has 178 valence electrons. The summed E-state index contributed by atoms with van der Waals surface area (Å²) in [7, 11) is -3.83. The third kappa shape index (κ3) is 4.61. The van der Waals surface area contributed by atoms with Gasteiger partial charge in [0.05, 0.1) is 10.3 Å². The molecular weight excluding hydrogens is 487 g/mol. The highest BCUT2D eigenvalue weighted by Crippen LogP contribution is 2.35. The molecule has 0 saturated carbocycles. The molecule has 1 aromatic heterocycles. The third-order valence-electron chi connectivity index (χ3n) is 5.93. The van der Waals surface area contributed by atoms with E-state index in [4.69, 9.17) is 21.2 Å². The fourth-order valence-electron chi connectivity index (χ4n) is 4.19. The Balaban J connectivity index is 1.73. The highest BCUT2D eigenvalue weighted by molar-refractivity contribution is 7.89. The summed E-state index contributed by atoms with van der Waals surface area (Å²) in [6.45, 7) is 0.187. The van der Waals surface area contributed by atoms with E-state index in [0.29, 0.717) is 36.6 Å². The number of halogens is 2. The lowest BCUT2D eigenvalue weighted by Crippen LogP contribution is -2.48. The van der Waals surface area contributed by atoms with Crippen LogP contribution < -0.4 is 10.8 Å². The standard InChI is InChI=1S/C23H20ClFN2O6S/c24-22-16(4-1-5-19(22)25)17-10-21(29)33-20-9-13(6-7-15(17)20)18(12-28)23(30)27-8-2-3-14(11-27)34(26,31)32/h1,4-7,9-10,12,14,18H,2-3,8,11H2,(H2,26,31,32). The third-order valence-corrected chi connectivity index (χ3v) is 7.62. The molecule has 0 radical (unpaired) electrons. The first-order valence-electron chi connectivity index (χ1n) is 10.4. The smallest absolute Gasteiger partial charge is 0.336 e. The molecule has 2 aromatic carbocycles. The van der Waals surface area contributed by atoms with Crippen molar-refractivity contribution in [1.29, 1.82) is 0 Å². The predicted molar refractivity (Wildman–Crippen MR) is 124 cm³/mol. The summed E-state index contributed by atoms with van der Waals surface area (Å²) in [6, 6.07) is 9.87. The number of nitrogens with two attached hydrogens (primary N) is 1. The fraction of sp³-hybridized carbons (Fsp3) is 0.261. The Morgan fingerprint density at radius 1 is 1.24 bits per heavy atom. The Labute approximate surface area is 199 Å². The van der Waals surface area contributed by atoms with Crippen LogP contribution in [0.25, 0.3) is 22.1 Å². The van der Waals surface area contributed by atoms with Gasteiger partial charge in [0.15, 0.2) is 0 Å². The van der Waals surface area contributed by atoms with Crippen LogP contribution in [0.5, 0.6) is 0 Å². The van der Waals surface area contributed by atoms with Crippen LogP contribution in [0.1, 0.15) is 24.3 Å². The van der Waals surface area contributed by atoms with Gasteiger partial charge in [-0.2, -0.15) is 0 Å². The van der Waals surface area contributed by atoms with Crippen LogP contribution in [0.3, 0.4) is 0 Å². The van der Waals surface area contributed by atoms with Crippen molar-refractivity contribution >= 4 is 44.8 Å². The Hall–Kier alpha value is -3.08. The van der Waals surface area contributed by atoms with E-state index < -0.39 is 38.5 Å². The Morgan fingerprint density at radius 3 is 2.71 bits per heavy atom. The van der Waals surface area contributed by atoms with Crippen molar-refractivity contribution in [2.24, 2.45) is 5.14 Å². The summed E-state index contributed by atoms with van der Waals surface area (Å²) >= 11 is 6.10. The molecule has 4 rings (SSSR count).